The minimum absolute atomic E-state index is 0.0881. The Balaban J connectivity index is 4.43. The third kappa shape index (κ3) is 55.6. The van der Waals surface area contributed by atoms with Gasteiger partial charge in [-0.05, 0) is 116 Å². The molecule has 0 N–H and O–H groups in total. The quantitative estimate of drug-likeness (QED) is 0.0262. The molecule has 0 aliphatic heterocycles. The normalized spacial score (nSPS) is 12.6. The number of ether oxygens (including phenoxy) is 3. The molecular formula is C63H110O6. The van der Waals surface area contributed by atoms with Gasteiger partial charge in [-0.3, -0.25) is 14.4 Å². The van der Waals surface area contributed by atoms with Crippen molar-refractivity contribution < 1.29 is 28.6 Å². The van der Waals surface area contributed by atoms with Crippen molar-refractivity contribution in [2.24, 2.45) is 0 Å². The lowest BCUT2D eigenvalue weighted by Gasteiger charge is -2.18. The van der Waals surface area contributed by atoms with Crippen LogP contribution in [0.3, 0.4) is 0 Å². The van der Waals surface area contributed by atoms with E-state index < -0.39 is 6.10 Å². The van der Waals surface area contributed by atoms with Crippen molar-refractivity contribution in [3.63, 3.8) is 0 Å². The number of hydrogen-bond acceptors (Lipinski definition) is 6. The summed E-state index contributed by atoms with van der Waals surface area (Å²) in [5, 5.41) is 0. The van der Waals surface area contributed by atoms with Gasteiger partial charge in [0.25, 0.3) is 0 Å². The lowest BCUT2D eigenvalue weighted by Crippen LogP contribution is -2.30. The van der Waals surface area contributed by atoms with E-state index in [-0.39, 0.29) is 31.1 Å². The summed E-state index contributed by atoms with van der Waals surface area (Å²) in [5.41, 5.74) is 0. The smallest absolute Gasteiger partial charge is 0.306 e. The van der Waals surface area contributed by atoms with E-state index in [1.54, 1.807) is 0 Å². The van der Waals surface area contributed by atoms with Crippen LogP contribution in [0, 0.1) is 0 Å². The van der Waals surface area contributed by atoms with E-state index in [1.165, 1.54) is 154 Å². The zero-order chi connectivity index (χ0) is 50.0. The Morgan fingerprint density at radius 3 is 0.855 bits per heavy atom. The highest BCUT2D eigenvalue weighted by Gasteiger charge is 2.19. The molecule has 0 amide bonds. The predicted octanol–water partition coefficient (Wildman–Crippen LogP) is 19.8. The fourth-order valence-corrected chi connectivity index (χ4v) is 8.18. The summed E-state index contributed by atoms with van der Waals surface area (Å²) >= 11 is 0. The van der Waals surface area contributed by atoms with Crippen LogP contribution in [0.2, 0.25) is 0 Å². The zero-order valence-electron chi connectivity index (χ0n) is 45.6. The third-order valence-electron chi connectivity index (χ3n) is 12.7. The van der Waals surface area contributed by atoms with Crippen LogP contribution in [0.15, 0.2) is 72.9 Å². The fourth-order valence-electron chi connectivity index (χ4n) is 8.18. The van der Waals surface area contributed by atoms with Gasteiger partial charge in [0.1, 0.15) is 13.2 Å². The molecule has 69 heavy (non-hydrogen) atoms. The number of rotatable bonds is 53. The van der Waals surface area contributed by atoms with Crippen LogP contribution in [0.25, 0.3) is 0 Å². The van der Waals surface area contributed by atoms with Gasteiger partial charge in [-0.25, -0.2) is 0 Å². The summed E-state index contributed by atoms with van der Waals surface area (Å²) in [5.74, 6) is -0.913. The van der Waals surface area contributed by atoms with Crippen molar-refractivity contribution in [3.8, 4) is 0 Å². The van der Waals surface area contributed by atoms with E-state index >= 15 is 0 Å². The Morgan fingerprint density at radius 2 is 0.522 bits per heavy atom. The van der Waals surface area contributed by atoms with Crippen molar-refractivity contribution in [3.05, 3.63) is 72.9 Å². The van der Waals surface area contributed by atoms with E-state index in [9.17, 15) is 14.4 Å². The highest BCUT2D eigenvalue weighted by Crippen LogP contribution is 2.15. The first kappa shape index (κ1) is 65.8. The third-order valence-corrected chi connectivity index (χ3v) is 12.7. The van der Waals surface area contributed by atoms with E-state index in [0.717, 1.165) is 96.3 Å². The Kier molecular flexibility index (Phi) is 54.8. The summed E-state index contributed by atoms with van der Waals surface area (Å²) < 4.78 is 16.9. The Morgan fingerprint density at radius 1 is 0.290 bits per heavy atom. The second-order valence-corrected chi connectivity index (χ2v) is 19.5. The zero-order valence-corrected chi connectivity index (χ0v) is 45.6. The van der Waals surface area contributed by atoms with Crippen LogP contribution in [-0.4, -0.2) is 37.2 Å². The van der Waals surface area contributed by atoms with E-state index in [4.69, 9.17) is 14.2 Å². The van der Waals surface area contributed by atoms with Crippen molar-refractivity contribution >= 4 is 17.9 Å². The molecule has 0 aliphatic rings. The van der Waals surface area contributed by atoms with Gasteiger partial charge in [0.2, 0.25) is 0 Å². The molecule has 6 heteroatoms. The van der Waals surface area contributed by atoms with Crippen molar-refractivity contribution in [1.29, 1.82) is 0 Å². The van der Waals surface area contributed by atoms with Crippen molar-refractivity contribution in [2.75, 3.05) is 13.2 Å². The minimum Gasteiger partial charge on any atom is -0.462 e. The number of carbonyl (C=O) groups excluding carboxylic acids is 3. The molecule has 0 heterocycles. The molecule has 0 aromatic heterocycles. The summed E-state index contributed by atoms with van der Waals surface area (Å²) in [6, 6.07) is 0. The van der Waals surface area contributed by atoms with E-state index in [0.29, 0.717) is 19.3 Å². The summed E-state index contributed by atoms with van der Waals surface area (Å²) in [7, 11) is 0. The van der Waals surface area contributed by atoms with Crippen LogP contribution in [0.1, 0.15) is 290 Å². The molecule has 0 aromatic carbocycles. The second-order valence-electron chi connectivity index (χ2n) is 19.5. The monoisotopic (exact) mass is 963 g/mol. The first-order chi connectivity index (χ1) is 34.0. The summed E-state index contributed by atoms with van der Waals surface area (Å²) in [4.78, 5) is 38.2. The molecule has 0 bridgehead atoms. The van der Waals surface area contributed by atoms with E-state index in [1.807, 2.05) is 0 Å². The number of carbonyl (C=O) groups is 3. The van der Waals surface area contributed by atoms with Crippen molar-refractivity contribution in [1.82, 2.24) is 0 Å². The van der Waals surface area contributed by atoms with Gasteiger partial charge >= 0.3 is 17.9 Å². The molecule has 0 rings (SSSR count). The van der Waals surface area contributed by atoms with Gasteiger partial charge in [0.05, 0.1) is 0 Å². The molecule has 6 nitrogen and oxygen atoms in total. The lowest BCUT2D eigenvalue weighted by atomic mass is 10.1. The van der Waals surface area contributed by atoms with Crippen LogP contribution < -0.4 is 0 Å². The van der Waals surface area contributed by atoms with Crippen LogP contribution in [0.5, 0.6) is 0 Å². The van der Waals surface area contributed by atoms with Gasteiger partial charge in [0, 0.05) is 19.3 Å². The minimum atomic E-state index is -0.791. The molecule has 0 fully saturated rings. The molecule has 0 unspecified atom stereocenters. The van der Waals surface area contributed by atoms with Gasteiger partial charge in [-0.15, -0.1) is 0 Å². The molecule has 0 aliphatic carbocycles. The van der Waals surface area contributed by atoms with E-state index in [2.05, 4.69) is 93.7 Å². The molecule has 0 saturated carbocycles. The standard InChI is InChI=1S/C63H110O6/c1-4-7-10-13-16-19-22-25-28-30-31-33-36-39-42-45-48-51-54-57-63(66)69-60(58-67-61(64)55-52-49-46-43-40-37-34-27-24-21-18-15-12-9-6-3)59-68-62(65)56-53-50-47-44-41-38-35-32-29-26-23-20-17-14-11-8-5-2/h16-17,19-20,25-29,34-35,38,60H,4-15,18,21-24,30-33,36-37,39-59H2,1-3H3/b19-16-,20-17-,28-25-,29-26-,34-27-,38-35-/t60-/m0/s1. The largest absolute Gasteiger partial charge is 0.462 e. The maximum absolute atomic E-state index is 12.9. The summed E-state index contributed by atoms with van der Waals surface area (Å²) in [6.45, 7) is 6.57. The number of hydrogen-bond donors (Lipinski definition) is 0. The SMILES string of the molecule is CCCCC/C=C\C/C=C\C/C=C\CCCCCCC(=O)OC[C@H](COC(=O)CCCCCCC/C=C\CCCCCCCC)OC(=O)CCCCCCCCCCC/C=C\C/C=C\CCCCC. The average molecular weight is 964 g/mol. The van der Waals surface area contributed by atoms with Gasteiger partial charge in [-0.2, -0.15) is 0 Å². The molecule has 0 spiro atoms. The highest BCUT2D eigenvalue weighted by molar-refractivity contribution is 5.71. The Bertz CT molecular complexity index is 1290. The maximum Gasteiger partial charge on any atom is 0.306 e. The van der Waals surface area contributed by atoms with Gasteiger partial charge < -0.3 is 14.2 Å². The molecule has 398 valence electrons. The number of unbranched alkanes of at least 4 members (excludes halogenated alkanes) is 30. The first-order valence-electron chi connectivity index (χ1n) is 29.4. The Hall–Kier alpha value is -3.15. The molecule has 0 radical (unpaired) electrons. The summed E-state index contributed by atoms with van der Waals surface area (Å²) in [6.07, 6.45) is 73.1. The number of allylic oxidation sites excluding steroid dienone is 12. The van der Waals surface area contributed by atoms with Gasteiger partial charge in [-0.1, -0.05) is 229 Å². The highest BCUT2D eigenvalue weighted by atomic mass is 16.6. The topological polar surface area (TPSA) is 78.9 Å². The van der Waals surface area contributed by atoms with Crippen LogP contribution >= 0.6 is 0 Å². The first-order valence-corrected chi connectivity index (χ1v) is 29.4. The molecule has 0 aromatic rings. The van der Waals surface area contributed by atoms with Crippen LogP contribution in [0.4, 0.5) is 0 Å². The molecule has 0 saturated heterocycles. The van der Waals surface area contributed by atoms with Crippen molar-refractivity contribution in [2.45, 2.75) is 297 Å². The lowest BCUT2D eigenvalue weighted by molar-refractivity contribution is -0.167. The molecule has 1 atom stereocenters. The maximum atomic E-state index is 12.9. The molecular weight excluding hydrogens is 853 g/mol. The van der Waals surface area contributed by atoms with Crippen LogP contribution in [-0.2, 0) is 28.6 Å². The van der Waals surface area contributed by atoms with Gasteiger partial charge in [0.15, 0.2) is 6.10 Å². The second kappa shape index (κ2) is 57.4. The average Bonchev–Trinajstić information content (AvgIpc) is 3.35. The fraction of sp³-hybridized carbons (Fsp3) is 0.762. The number of esters is 3. The Labute approximate surface area is 427 Å². The predicted molar refractivity (Wildman–Crippen MR) is 298 cm³/mol.